The normalized spacial score (nSPS) is 11.5. The molecule has 0 fully saturated rings. The van der Waals surface area contributed by atoms with E-state index >= 15 is 0 Å². The van der Waals surface area contributed by atoms with Gasteiger partial charge in [-0.15, -0.1) is 0 Å². The molecule has 0 amide bonds. The lowest BCUT2D eigenvalue weighted by Crippen LogP contribution is -2.30. The fourth-order valence-corrected chi connectivity index (χ4v) is 4.26. The van der Waals surface area contributed by atoms with Crippen molar-refractivity contribution in [3.05, 3.63) is 64.7 Å². The van der Waals surface area contributed by atoms with Crippen molar-refractivity contribution in [2.75, 3.05) is 19.7 Å². The number of ether oxygens (including phenoxy) is 1. The summed E-state index contributed by atoms with van der Waals surface area (Å²) < 4.78 is 31.4. The quantitative estimate of drug-likeness (QED) is 0.499. The largest absolute Gasteiger partial charge is 0.454 e. The Kier molecular flexibility index (Phi) is 7.10. The first-order chi connectivity index (χ1) is 13.2. The van der Waals surface area contributed by atoms with Crippen LogP contribution in [-0.2, 0) is 14.8 Å². The first kappa shape index (κ1) is 21.8. The maximum atomic E-state index is 12.5. The fourth-order valence-electron chi connectivity index (χ4n) is 2.80. The molecule has 7 heteroatoms. The van der Waals surface area contributed by atoms with Crippen LogP contribution in [0, 0.1) is 13.8 Å². The lowest BCUT2D eigenvalue weighted by molar-refractivity contribution is 0.0474. The standard InChI is InChI=1S/C21H25NO5S/c1-5-22(6-2)28(25,26)18-11-9-17(10-12-18)21(24)27-14-20(23)19-13-15(3)7-8-16(19)4/h7-13H,5-6,14H2,1-4H3. The fraction of sp³-hybridized carbons (Fsp3) is 0.333. The van der Waals surface area contributed by atoms with Gasteiger partial charge in [0.2, 0.25) is 15.8 Å². The van der Waals surface area contributed by atoms with Gasteiger partial charge in [-0.2, -0.15) is 4.31 Å². The Morgan fingerprint density at radius 2 is 1.57 bits per heavy atom. The van der Waals surface area contributed by atoms with Crippen LogP contribution in [0.5, 0.6) is 0 Å². The van der Waals surface area contributed by atoms with Crippen molar-refractivity contribution in [2.45, 2.75) is 32.6 Å². The van der Waals surface area contributed by atoms with Crippen molar-refractivity contribution >= 4 is 21.8 Å². The van der Waals surface area contributed by atoms with E-state index in [0.29, 0.717) is 18.7 Å². The zero-order valence-electron chi connectivity index (χ0n) is 16.6. The van der Waals surface area contributed by atoms with Gasteiger partial charge in [0.25, 0.3) is 0 Å². The Hall–Kier alpha value is -2.51. The molecule has 150 valence electrons. The molecule has 0 aliphatic rings. The van der Waals surface area contributed by atoms with Gasteiger partial charge in [-0.05, 0) is 49.7 Å². The number of carbonyl (C=O) groups excluding carboxylic acids is 2. The number of nitrogens with zero attached hydrogens (tertiary/aromatic N) is 1. The molecule has 0 radical (unpaired) electrons. The molecule has 28 heavy (non-hydrogen) atoms. The minimum absolute atomic E-state index is 0.110. The third-order valence-electron chi connectivity index (χ3n) is 4.46. The van der Waals surface area contributed by atoms with E-state index in [2.05, 4.69) is 0 Å². The molecule has 2 aromatic rings. The topological polar surface area (TPSA) is 80.8 Å². The molecule has 2 aromatic carbocycles. The molecule has 0 aliphatic heterocycles. The smallest absolute Gasteiger partial charge is 0.338 e. The van der Waals surface area contributed by atoms with Gasteiger partial charge >= 0.3 is 5.97 Å². The second-order valence-corrected chi connectivity index (χ2v) is 8.37. The van der Waals surface area contributed by atoms with Gasteiger partial charge in [-0.1, -0.05) is 31.5 Å². The molecular weight excluding hydrogens is 378 g/mol. The lowest BCUT2D eigenvalue weighted by atomic mass is 10.0. The number of ketones is 1. The first-order valence-corrected chi connectivity index (χ1v) is 10.5. The van der Waals surface area contributed by atoms with E-state index in [1.54, 1.807) is 19.9 Å². The Balaban J connectivity index is 2.07. The van der Waals surface area contributed by atoms with Crippen molar-refractivity contribution < 1.29 is 22.7 Å². The lowest BCUT2D eigenvalue weighted by Gasteiger charge is -2.18. The summed E-state index contributed by atoms with van der Waals surface area (Å²) in [5, 5.41) is 0. The van der Waals surface area contributed by atoms with Crippen LogP contribution in [0.3, 0.4) is 0 Å². The second kappa shape index (κ2) is 9.12. The van der Waals surface area contributed by atoms with Crippen molar-refractivity contribution in [3.8, 4) is 0 Å². The Bertz CT molecular complexity index is 961. The molecule has 0 bridgehead atoms. The Morgan fingerprint density at radius 1 is 0.964 bits per heavy atom. The number of rotatable bonds is 8. The van der Waals surface area contributed by atoms with Crippen LogP contribution in [-0.4, -0.2) is 44.2 Å². The third kappa shape index (κ3) is 4.85. The van der Waals surface area contributed by atoms with Crippen LogP contribution >= 0.6 is 0 Å². The van der Waals surface area contributed by atoms with Crippen LogP contribution in [0.15, 0.2) is 47.4 Å². The van der Waals surface area contributed by atoms with Crippen molar-refractivity contribution in [3.63, 3.8) is 0 Å². The molecule has 0 saturated heterocycles. The summed E-state index contributed by atoms with van der Waals surface area (Å²) >= 11 is 0. The number of hydrogen-bond donors (Lipinski definition) is 0. The maximum absolute atomic E-state index is 12.5. The second-order valence-electron chi connectivity index (χ2n) is 6.43. The molecule has 0 spiro atoms. The molecular formula is C21H25NO5S. The molecule has 0 aromatic heterocycles. The van der Waals surface area contributed by atoms with E-state index in [4.69, 9.17) is 4.74 Å². The zero-order chi connectivity index (χ0) is 20.9. The number of sulfonamides is 1. The Labute approximate surface area is 166 Å². The highest BCUT2D eigenvalue weighted by Gasteiger charge is 2.22. The van der Waals surface area contributed by atoms with E-state index in [1.165, 1.54) is 28.6 Å². The molecule has 6 nitrogen and oxygen atoms in total. The van der Waals surface area contributed by atoms with Crippen molar-refractivity contribution in [1.29, 1.82) is 0 Å². The molecule has 2 rings (SSSR count). The SMILES string of the molecule is CCN(CC)S(=O)(=O)c1ccc(C(=O)OCC(=O)c2cc(C)ccc2C)cc1. The van der Waals surface area contributed by atoms with Crippen LogP contribution < -0.4 is 0 Å². The number of aryl methyl sites for hydroxylation is 2. The summed E-state index contributed by atoms with van der Waals surface area (Å²) in [4.78, 5) is 24.6. The molecule has 0 unspecified atom stereocenters. The molecule has 0 aliphatic carbocycles. The molecule has 0 atom stereocenters. The van der Waals surface area contributed by atoms with Crippen molar-refractivity contribution in [2.24, 2.45) is 0 Å². The van der Waals surface area contributed by atoms with Crippen LogP contribution in [0.1, 0.15) is 45.7 Å². The number of carbonyl (C=O) groups is 2. The Morgan fingerprint density at radius 3 is 2.14 bits per heavy atom. The van der Waals surface area contributed by atoms with Crippen LogP contribution in [0.25, 0.3) is 0 Å². The van der Waals surface area contributed by atoms with Gasteiger partial charge in [0.05, 0.1) is 10.5 Å². The van der Waals surface area contributed by atoms with E-state index < -0.39 is 16.0 Å². The predicted molar refractivity (Wildman–Crippen MR) is 107 cm³/mol. The first-order valence-electron chi connectivity index (χ1n) is 9.08. The minimum atomic E-state index is -3.59. The molecule has 0 saturated carbocycles. The average Bonchev–Trinajstić information content (AvgIpc) is 2.68. The van der Waals surface area contributed by atoms with Gasteiger partial charge in [0, 0.05) is 18.7 Å². The summed E-state index contributed by atoms with van der Waals surface area (Å²) in [5.41, 5.74) is 2.48. The summed E-state index contributed by atoms with van der Waals surface area (Å²) in [7, 11) is -3.59. The van der Waals surface area contributed by atoms with Crippen molar-refractivity contribution in [1.82, 2.24) is 4.31 Å². The number of benzene rings is 2. The van der Waals surface area contributed by atoms with Crippen LogP contribution in [0.2, 0.25) is 0 Å². The zero-order valence-corrected chi connectivity index (χ0v) is 17.4. The monoisotopic (exact) mass is 403 g/mol. The highest BCUT2D eigenvalue weighted by molar-refractivity contribution is 7.89. The van der Waals surface area contributed by atoms with E-state index in [0.717, 1.165) is 11.1 Å². The van der Waals surface area contributed by atoms with Crippen LogP contribution in [0.4, 0.5) is 0 Å². The van der Waals surface area contributed by atoms with Gasteiger partial charge in [-0.25, -0.2) is 13.2 Å². The van der Waals surface area contributed by atoms with Gasteiger partial charge < -0.3 is 4.74 Å². The number of Topliss-reactive ketones (excluding diaryl/α,β-unsaturated/α-hetero) is 1. The van der Waals surface area contributed by atoms with E-state index in [1.807, 2.05) is 26.0 Å². The highest BCUT2D eigenvalue weighted by atomic mass is 32.2. The number of hydrogen-bond acceptors (Lipinski definition) is 5. The number of esters is 1. The third-order valence-corrected chi connectivity index (χ3v) is 6.53. The summed E-state index contributed by atoms with van der Waals surface area (Å²) in [6.07, 6.45) is 0. The average molecular weight is 404 g/mol. The van der Waals surface area contributed by atoms with Gasteiger partial charge in [-0.3, -0.25) is 4.79 Å². The predicted octanol–water partition coefficient (Wildman–Crippen LogP) is 3.37. The van der Waals surface area contributed by atoms with E-state index in [9.17, 15) is 18.0 Å². The van der Waals surface area contributed by atoms with Gasteiger partial charge in [0.1, 0.15) is 0 Å². The molecule has 0 heterocycles. The molecule has 0 N–H and O–H groups in total. The highest BCUT2D eigenvalue weighted by Crippen LogP contribution is 2.17. The van der Waals surface area contributed by atoms with E-state index in [-0.39, 0.29) is 22.8 Å². The van der Waals surface area contributed by atoms with Gasteiger partial charge in [0.15, 0.2) is 6.61 Å². The maximum Gasteiger partial charge on any atom is 0.338 e. The summed E-state index contributed by atoms with van der Waals surface area (Å²) in [6.45, 7) is 7.59. The summed E-state index contributed by atoms with van der Waals surface area (Å²) in [5.74, 6) is -0.958. The minimum Gasteiger partial charge on any atom is -0.454 e. The summed E-state index contributed by atoms with van der Waals surface area (Å²) in [6, 6.07) is 11.0.